The normalized spacial score (nSPS) is 10.1. The fourth-order valence-electron chi connectivity index (χ4n) is 1.42. The quantitative estimate of drug-likeness (QED) is 0.630. The summed E-state index contributed by atoms with van der Waals surface area (Å²) in [6.07, 6.45) is 0.978. The predicted octanol–water partition coefficient (Wildman–Crippen LogP) is 1.08. The molecule has 0 aliphatic heterocycles. The third kappa shape index (κ3) is 4.91. The van der Waals surface area contributed by atoms with Crippen molar-refractivity contribution < 1.29 is 4.79 Å². The van der Waals surface area contributed by atoms with Crippen molar-refractivity contribution in [2.24, 2.45) is 5.73 Å². The smallest absolute Gasteiger partial charge is 0.221 e. The molecule has 0 atom stereocenters. The second-order valence-corrected chi connectivity index (χ2v) is 3.70. The second-order valence-electron chi connectivity index (χ2n) is 3.70. The minimum atomic E-state index is -0.0479. The maximum atomic E-state index is 10.9. The van der Waals surface area contributed by atoms with E-state index in [1.165, 1.54) is 6.92 Å². The zero-order valence-electron chi connectivity index (χ0n) is 9.62. The van der Waals surface area contributed by atoms with E-state index in [4.69, 9.17) is 5.73 Å². The highest BCUT2D eigenvalue weighted by Gasteiger charge is 1.97. The summed E-state index contributed by atoms with van der Waals surface area (Å²) in [5.74, 6) is -0.0479. The first kappa shape index (κ1) is 12.7. The first-order valence-corrected chi connectivity index (χ1v) is 5.49. The van der Waals surface area contributed by atoms with Gasteiger partial charge in [-0.1, -0.05) is 12.1 Å². The van der Waals surface area contributed by atoms with Crippen LogP contribution in [0.4, 0.5) is 5.69 Å². The lowest BCUT2D eigenvalue weighted by atomic mass is 10.2. The Morgan fingerprint density at radius 1 is 1.44 bits per heavy atom. The van der Waals surface area contributed by atoms with E-state index in [1.807, 2.05) is 24.3 Å². The Bertz CT molecular complexity index is 339. The molecular weight excluding hydrogens is 202 g/mol. The van der Waals surface area contributed by atoms with Crippen LogP contribution in [0.3, 0.4) is 0 Å². The molecule has 4 nitrogen and oxygen atoms in total. The zero-order chi connectivity index (χ0) is 11.8. The van der Waals surface area contributed by atoms with Crippen molar-refractivity contribution in [3.8, 4) is 0 Å². The summed E-state index contributed by atoms with van der Waals surface area (Å²) in [7, 11) is 0. The standard InChI is InChI=1S/C12H19N3O/c1-10(16)15-12-5-2-4-11(8-12)9-14-7-3-6-13/h2,4-5,8,14H,3,6-7,9,13H2,1H3,(H,15,16). The van der Waals surface area contributed by atoms with Crippen LogP contribution in [-0.2, 0) is 11.3 Å². The van der Waals surface area contributed by atoms with Crippen LogP contribution in [0.5, 0.6) is 0 Å². The van der Waals surface area contributed by atoms with E-state index < -0.39 is 0 Å². The molecule has 88 valence electrons. The van der Waals surface area contributed by atoms with E-state index >= 15 is 0 Å². The Balaban J connectivity index is 2.44. The molecule has 0 bridgehead atoms. The number of carbonyl (C=O) groups excluding carboxylic acids is 1. The van der Waals surface area contributed by atoms with E-state index in [2.05, 4.69) is 10.6 Å². The lowest BCUT2D eigenvalue weighted by Crippen LogP contribution is -2.17. The number of amides is 1. The third-order valence-electron chi connectivity index (χ3n) is 2.13. The molecule has 4 N–H and O–H groups in total. The molecule has 1 aromatic carbocycles. The summed E-state index contributed by atoms with van der Waals surface area (Å²) in [5.41, 5.74) is 7.39. The van der Waals surface area contributed by atoms with Gasteiger partial charge < -0.3 is 16.4 Å². The molecule has 0 fully saturated rings. The van der Waals surface area contributed by atoms with Gasteiger partial charge in [0.2, 0.25) is 5.91 Å². The number of anilines is 1. The van der Waals surface area contributed by atoms with Crippen molar-refractivity contribution in [2.75, 3.05) is 18.4 Å². The van der Waals surface area contributed by atoms with Gasteiger partial charge >= 0.3 is 0 Å². The van der Waals surface area contributed by atoms with Crippen LogP contribution in [0.25, 0.3) is 0 Å². The van der Waals surface area contributed by atoms with Crippen molar-refractivity contribution >= 4 is 11.6 Å². The maximum absolute atomic E-state index is 10.9. The molecule has 4 heteroatoms. The van der Waals surface area contributed by atoms with Crippen LogP contribution in [0.15, 0.2) is 24.3 Å². The average Bonchev–Trinajstić information content (AvgIpc) is 2.24. The monoisotopic (exact) mass is 221 g/mol. The fourth-order valence-corrected chi connectivity index (χ4v) is 1.42. The molecule has 0 spiro atoms. The molecule has 0 radical (unpaired) electrons. The zero-order valence-corrected chi connectivity index (χ0v) is 9.62. The van der Waals surface area contributed by atoms with Crippen molar-refractivity contribution in [3.05, 3.63) is 29.8 Å². The minimum absolute atomic E-state index is 0.0479. The maximum Gasteiger partial charge on any atom is 0.221 e. The van der Waals surface area contributed by atoms with Crippen LogP contribution in [0, 0.1) is 0 Å². The number of carbonyl (C=O) groups is 1. The molecule has 0 saturated carbocycles. The van der Waals surface area contributed by atoms with Gasteiger partial charge in [0.05, 0.1) is 0 Å². The molecule has 0 saturated heterocycles. The predicted molar refractivity (Wildman–Crippen MR) is 66.1 cm³/mol. The Labute approximate surface area is 96.2 Å². The van der Waals surface area contributed by atoms with Crippen molar-refractivity contribution in [1.82, 2.24) is 5.32 Å². The number of benzene rings is 1. The van der Waals surface area contributed by atoms with Crippen molar-refractivity contribution in [2.45, 2.75) is 19.9 Å². The highest BCUT2D eigenvalue weighted by Crippen LogP contribution is 2.10. The van der Waals surface area contributed by atoms with Crippen molar-refractivity contribution in [1.29, 1.82) is 0 Å². The second kappa shape index (κ2) is 6.98. The van der Waals surface area contributed by atoms with Crippen LogP contribution in [0.2, 0.25) is 0 Å². The van der Waals surface area contributed by atoms with Gasteiger partial charge in [-0.3, -0.25) is 4.79 Å². The summed E-state index contributed by atoms with van der Waals surface area (Å²) < 4.78 is 0. The van der Waals surface area contributed by atoms with Crippen LogP contribution in [-0.4, -0.2) is 19.0 Å². The van der Waals surface area contributed by atoms with E-state index in [1.54, 1.807) is 0 Å². The van der Waals surface area contributed by atoms with Gasteiger partial charge in [0, 0.05) is 19.2 Å². The van der Waals surface area contributed by atoms with Gasteiger partial charge in [0.15, 0.2) is 0 Å². The van der Waals surface area contributed by atoms with Gasteiger partial charge in [-0.15, -0.1) is 0 Å². The van der Waals surface area contributed by atoms with Crippen LogP contribution >= 0.6 is 0 Å². The van der Waals surface area contributed by atoms with E-state index in [0.29, 0.717) is 6.54 Å². The van der Waals surface area contributed by atoms with E-state index in [-0.39, 0.29) is 5.91 Å². The number of rotatable bonds is 6. The lowest BCUT2D eigenvalue weighted by Gasteiger charge is -2.06. The van der Waals surface area contributed by atoms with Gasteiger partial charge in [-0.25, -0.2) is 0 Å². The van der Waals surface area contributed by atoms with E-state index in [9.17, 15) is 4.79 Å². The Hall–Kier alpha value is -1.39. The fraction of sp³-hybridized carbons (Fsp3) is 0.417. The minimum Gasteiger partial charge on any atom is -0.330 e. The van der Waals surface area contributed by atoms with Crippen LogP contribution in [0.1, 0.15) is 18.9 Å². The first-order chi connectivity index (χ1) is 7.72. The summed E-state index contributed by atoms with van der Waals surface area (Å²) in [4.78, 5) is 10.9. The third-order valence-corrected chi connectivity index (χ3v) is 2.13. The van der Waals surface area contributed by atoms with E-state index in [0.717, 1.165) is 30.8 Å². The number of nitrogens with two attached hydrogens (primary N) is 1. The Morgan fingerprint density at radius 2 is 2.25 bits per heavy atom. The van der Waals surface area contributed by atoms with Crippen molar-refractivity contribution in [3.63, 3.8) is 0 Å². The van der Waals surface area contributed by atoms with Crippen LogP contribution < -0.4 is 16.4 Å². The molecule has 0 aliphatic rings. The SMILES string of the molecule is CC(=O)Nc1cccc(CNCCCN)c1. The average molecular weight is 221 g/mol. The molecule has 1 rings (SSSR count). The summed E-state index contributed by atoms with van der Waals surface area (Å²) >= 11 is 0. The largest absolute Gasteiger partial charge is 0.330 e. The van der Waals surface area contributed by atoms with Gasteiger partial charge in [-0.05, 0) is 37.2 Å². The topological polar surface area (TPSA) is 67.2 Å². The Kier molecular flexibility index (Phi) is 5.53. The highest BCUT2D eigenvalue weighted by molar-refractivity contribution is 5.88. The number of hydrogen-bond donors (Lipinski definition) is 3. The Morgan fingerprint density at radius 3 is 2.94 bits per heavy atom. The van der Waals surface area contributed by atoms with Gasteiger partial charge in [0.25, 0.3) is 0 Å². The molecule has 0 aromatic heterocycles. The molecule has 1 amide bonds. The molecule has 1 aromatic rings. The molecular formula is C12H19N3O. The highest BCUT2D eigenvalue weighted by atomic mass is 16.1. The number of hydrogen-bond acceptors (Lipinski definition) is 3. The lowest BCUT2D eigenvalue weighted by molar-refractivity contribution is -0.114. The molecule has 0 unspecified atom stereocenters. The summed E-state index contributed by atoms with van der Waals surface area (Å²) in [6.45, 7) is 3.93. The summed E-state index contributed by atoms with van der Waals surface area (Å²) in [5, 5.41) is 6.05. The van der Waals surface area contributed by atoms with Gasteiger partial charge in [0.1, 0.15) is 0 Å². The molecule has 0 aliphatic carbocycles. The first-order valence-electron chi connectivity index (χ1n) is 5.49. The van der Waals surface area contributed by atoms with Gasteiger partial charge in [-0.2, -0.15) is 0 Å². The molecule has 16 heavy (non-hydrogen) atoms. The summed E-state index contributed by atoms with van der Waals surface area (Å²) in [6, 6.07) is 7.81. The molecule has 0 heterocycles. The number of nitrogens with one attached hydrogen (secondary N) is 2.